The highest BCUT2D eigenvalue weighted by Crippen LogP contribution is 2.34. The Labute approximate surface area is 153 Å². The molecular weight excluding hydrogens is 326 g/mol. The van der Waals surface area contributed by atoms with Crippen molar-refractivity contribution in [2.45, 2.75) is 58.1 Å². The van der Waals surface area contributed by atoms with E-state index in [1.165, 1.54) is 0 Å². The van der Waals surface area contributed by atoms with Crippen LogP contribution in [0.15, 0.2) is 24.5 Å². The quantitative estimate of drug-likeness (QED) is 0.779. The summed E-state index contributed by atoms with van der Waals surface area (Å²) in [4.78, 5) is 9.44. The Morgan fingerprint density at radius 3 is 2.73 bits per heavy atom. The lowest BCUT2D eigenvalue weighted by molar-refractivity contribution is 0.0757. The highest BCUT2D eigenvalue weighted by Gasteiger charge is 2.28. The van der Waals surface area contributed by atoms with Gasteiger partial charge in [-0.1, -0.05) is 26.7 Å². The Hall–Kier alpha value is -2.21. The minimum absolute atomic E-state index is 0.0986. The molecule has 2 atom stereocenters. The molecule has 1 N–H and O–H groups in total. The number of nitrogens with zero attached hydrogens (tertiary/aromatic N) is 5. The summed E-state index contributed by atoms with van der Waals surface area (Å²) in [5.41, 5.74) is 3.66. The Kier molecular flexibility index (Phi) is 4.53. The first kappa shape index (κ1) is 17.2. The molecule has 0 aromatic carbocycles. The molecule has 0 radical (unpaired) electrons. The van der Waals surface area contributed by atoms with Crippen LogP contribution in [0.2, 0.25) is 0 Å². The molecule has 1 aliphatic carbocycles. The van der Waals surface area contributed by atoms with Crippen LogP contribution >= 0.6 is 0 Å². The van der Waals surface area contributed by atoms with E-state index in [4.69, 9.17) is 4.98 Å². The van der Waals surface area contributed by atoms with Crippen molar-refractivity contribution < 1.29 is 5.11 Å². The van der Waals surface area contributed by atoms with Gasteiger partial charge in [-0.3, -0.25) is 9.67 Å². The van der Waals surface area contributed by atoms with Crippen molar-refractivity contribution in [2.75, 3.05) is 0 Å². The Morgan fingerprint density at radius 2 is 2.04 bits per heavy atom. The summed E-state index contributed by atoms with van der Waals surface area (Å²) < 4.78 is 4.07. The average Bonchev–Trinajstić information content (AvgIpc) is 3.18. The number of pyridine rings is 1. The molecule has 0 bridgehead atoms. The molecule has 4 rings (SSSR count). The maximum atomic E-state index is 10.7. The molecular formula is C20H27N5O. The third-order valence-electron chi connectivity index (χ3n) is 5.24. The fourth-order valence-corrected chi connectivity index (χ4v) is 4.01. The van der Waals surface area contributed by atoms with Gasteiger partial charge in [-0.05, 0) is 30.9 Å². The molecule has 0 amide bonds. The number of aromatic nitrogens is 5. The molecule has 0 unspecified atom stereocenters. The molecule has 6 heteroatoms. The van der Waals surface area contributed by atoms with Crippen LogP contribution in [0.25, 0.3) is 22.4 Å². The first-order chi connectivity index (χ1) is 12.5. The maximum Gasteiger partial charge on any atom is 0.111 e. The van der Waals surface area contributed by atoms with Gasteiger partial charge in [0.2, 0.25) is 0 Å². The van der Waals surface area contributed by atoms with Gasteiger partial charge in [0.05, 0.1) is 29.6 Å². The van der Waals surface area contributed by atoms with E-state index < -0.39 is 0 Å². The maximum absolute atomic E-state index is 10.7. The summed E-state index contributed by atoms with van der Waals surface area (Å²) in [5.74, 6) is 1.57. The van der Waals surface area contributed by atoms with Crippen LogP contribution in [-0.2, 0) is 13.5 Å². The van der Waals surface area contributed by atoms with E-state index in [1.807, 2.05) is 25.5 Å². The molecule has 138 valence electrons. The van der Waals surface area contributed by atoms with Gasteiger partial charge in [0, 0.05) is 19.7 Å². The second kappa shape index (κ2) is 6.83. The number of fused-ring (bicyclic) bond motifs is 1. The minimum atomic E-state index is -0.307. The average molecular weight is 353 g/mol. The standard InChI is InChI=1S/C20H27N5O/c1-13(2)10-20-22-16-12-21-15(14-8-9-24(3)23-14)11-18(16)25(20)17-6-4-5-7-19(17)26/h8-9,11-13,17,19,26H,4-7,10H2,1-3H3/t17-,19-/m0/s1. The molecule has 1 fully saturated rings. The van der Waals surface area contributed by atoms with Crippen LogP contribution in [0.1, 0.15) is 51.4 Å². The Balaban J connectivity index is 1.86. The number of hydrogen-bond donors (Lipinski definition) is 1. The number of imidazole rings is 1. The molecule has 1 saturated carbocycles. The minimum Gasteiger partial charge on any atom is -0.391 e. The largest absolute Gasteiger partial charge is 0.391 e. The molecule has 26 heavy (non-hydrogen) atoms. The monoisotopic (exact) mass is 353 g/mol. The third-order valence-corrected chi connectivity index (χ3v) is 5.24. The van der Waals surface area contributed by atoms with Gasteiger partial charge >= 0.3 is 0 Å². The van der Waals surface area contributed by atoms with Crippen molar-refractivity contribution in [3.8, 4) is 11.4 Å². The molecule has 3 aromatic heterocycles. The molecule has 0 saturated heterocycles. The second-order valence-corrected chi connectivity index (χ2v) is 7.85. The zero-order valence-electron chi connectivity index (χ0n) is 15.8. The van der Waals surface area contributed by atoms with E-state index in [0.717, 1.165) is 60.3 Å². The number of rotatable bonds is 4. The lowest BCUT2D eigenvalue weighted by atomic mass is 9.92. The van der Waals surface area contributed by atoms with Gasteiger partial charge in [0.1, 0.15) is 17.0 Å². The van der Waals surface area contributed by atoms with Gasteiger partial charge in [0.15, 0.2) is 0 Å². The SMILES string of the molecule is CC(C)Cc1nc2cnc(-c3ccn(C)n3)cc2n1[C@H]1CCCC[C@@H]1O. The number of aryl methyl sites for hydroxylation is 1. The van der Waals surface area contributed by atoms with Gasteiger partial charge in [-0.25, -0.2) is 4.98 Å². The van der Waals surface area contributed by atoms with Crippen LogP contribution in [0.4, 0.5) is 0 Å². The molecule has 1 aliphatic rings. The van der Waals surface area contributed by atoms with Crippen LogP contribution in [-0.4, -0.2) is 35.5 Å². The summed E-state index contributed by atoms with van der Waals surface area (Å²) >= 11 is 0. The van der Waals surface area contributed by atoms with E-state index in [2.05, 4.69) is 34.6 Å². The van der Waals surface area contributed by atoms with Crippen molar-refractivity contribution in [1.29, 1.82) is 0 Å². The van der Waals surface area contributed by atoms with Crippen LogP contribution in [0.5, 0.6) is 0 Å². The molecule has 0 spiro atoms. The van der Waals surface area contributed by atoms with E-state index in [0.29, 0.717) is 5.92 Å². The van der Waals surface area contributed by atoms with Crippen molar-refractivity contribution in [3.05, 3.63) is 30.4 Å². The zero-order chi connectivity index (χ0) is 18.3. The summed E-state index contributed by atoms with van der Waals surface area (Å²) in [5, 5.41) is 15.1. The fraction of sp³-hybridized carbons (Fsp3) is 0.550. The van der Waals surface area contributed by atoms with Crippen molar-refractivity contribution in [3.63, 3.8) is 0 Å². The van der Waals surface area contributed by atoms with Crippen molar-refractivity contribution in [1.82, 2.24) is 24.3 Å². The zero-order valence-corrected chi connectivity index (χ0v) is 15.8. The highest BCUT2D eigenvalue weighted by atomic mass is 16.3. The summed E-state index contributed by atoms with van der Waals surface area (Å²) in [7, 11) is 1.91. The van der Waals surface area contributed by atoms with Crippen molar-refractivity contribution >= 4 is 11.0 Å². The van der Waals surface area contributed by atoms with E-state index >= 15 is 0 Å². The van der Waals surface area contributed by atoms with Gasteiger partial charge in [-0.15, -0.1) is 0 Å². The molecule has 6 nitrogen and oxygen atoms in total. The highest BCUT2D eigenvalue weighted by molar-refractivity contribution is 5.79. The van der Waals surface area contributed by atoms with Crippen LogP contribution in [0.3, 0.4) is 0 Å². The first-order valence-corrected chi connectivity index (χ1v) is 9.58. The normalized spacial score (nSPS) is 21.0. The van der Waals surface area contributed by atoms with E-state index in [9.17, 15) is 5.11 Å². The van der Waals surface area contributed by atoms with Gasteiger partial charge in [0.25, 0.3) is 0 Å². The van der Waals surface area contributed by atoms with E-state index in [-0.39, 0.29) is 12.1 Å². The summed E-state index contributed by atoms with van der Waals surface area (Å²) in [6.45, 7) is 4.41. The predicted octanol–water partition coefficient (Wildman–Crippen LogP) is 3.51. The molecule has 0 aliphatic heterocycles. The summed E-state index contributed by atoms with van der Waals surface area (Å²) in [6.07, 6.45) is 8.48. The van der Waals surface area contributed by atoms with Gasteiger partial charge in [-0.2, -0.15) is 5.10 Å². The first-order valence-electron chi connectivity index (χ1n) is 9.58. The van der Waals surface area contributed by atoms with Crippen LogP contribution in [0, 0.1) is 5.92 Å². The van der Waals surface area contributed by atoms with Crippen LogP contribution < -0.4 is 0 Å². The fourth-order valence-electron chi connectivity index (χ4n) is 4.01. The second-order valence-electron chi connectivity index (χ2n) is 7.85. The molecule has 3 aromatic rings. The molecule has 3 heterocycles. The number of aliphatic hydroxyl groups is 1. The number of aliphatic hydroxyl groups excluding tert-OH is 1. The lowest BCUT2D eigenvalue weighted by Crippen LogP contribution is -2.29. The summed E-state index contributed by atoms with van der Waals surface area (Å²) in [6, 6.07) is 4.15. The Bertz CT molecular complexity index is 910. The third kappa shape index (κ3) is 3.14. The van der Waals surface area contributed by atoms with Gasteiger partial charge < -0.3 is 9.67 Å². The lowest BCUT2D eigenvalue weighted by Gasteiger charge is -2.30. The topological polar surface area (TPSA) is 68.8 Å². The Morgan fingerprint density at radius 1 is 1.23 bits per heavy atom. The van der Waals surface area contributed by atoms with Crippen molar-refractivity contribution in [2.24, 2.45) is 13.0 Å². The number of hydrogen-bond acceptors (Lipinski definition) is 4. The predicted molar refractivity (Wildman–Crippen MR) is 102 cm³/mol. The van der Waals surface area contributed by atoms with E-state index in [1.54, 1.807) is 4.68 Å². The smallest absolute Gasteiger partial charge is 0.111 e.